The number of halogens is 1. The average molecular weight is 473 g/mol. The van der Waals surface area contributed by atoms with Crippen LogP contribution in [0.2, 0.25) is 5.02 Å². The Morgan fingerprint density at radius 2 is 1.88 bits per heavy atom. The Labute approximate surface area is 191 Å². The second-order valence-electron chi connectivity index (χ2n) is 7.40. The maximum absolute atomic E-state index is 12.5. The van der Waals surface area contributed by atoms with E-state index in [9.17, 15) is 14.4 Å². The zero-order valence-corrected chi connectivity index (χ0v) is 19.1. The number of fused-ring (bicyclic) bond motifs is 1. The number of anilines is 1. The summed E-state index contributed by atoms with van der Waals surface area (Å²) in [5.74, 6) is -0.151. The molecule has 0 aliphatic heterocycles. The van der Waals surface area contributed by atoms with Crippen LogP contribution in [0.4, 0.5) is 5.13 Å². The third-order valence-electron chi connectivity index (χ3n) is 5.11. The SMILES string of the molecule is Cn1c(=O)c2c(ncn2CCCC(=O)Nc2ncc(Cc3ccc(Cl)cc3)s2)n(C)c1=O. The molecule has 1 N–H and O–H groups in total. The Kier molecular flexibility index (Phi) is 6.24. The molecule has 0 spiro atoms. The first-order valence-corrected chi connectivity index (χ1v) is 11.1. The summed E-state index contributed by atoms with van der Waals surface area (Å²) in [6.45, 7) is 0.428. The van der Waals surface area contributed by atoms with Gasteiger partial charge in [0.25, 0.3) is 5.56 Å². The van der Waals surface area contributed by atoms with Crippen molar-refractivity contribution in [1.82, 2.24) is 23.7 Å². The highest BCUT2D eigenvalue weighted by Crippen LogP contribution is 2.22. The number of aromatic nitrogens is 5. The monoisotopic (exact) mass is 472 g/mol. The van der Waals surface area contributed by atoms with E-state index in [0.29, 0.717) is 34.3 Å². The maximum atomic E-state index is 12.5. The van der Waals surface area contributed by atoms with Crippen LogP contribution in [0.3, 0.4) is 0 Å². The molecule has 11 heteroatoms. The van der Waals surface area contributed by atoms with Crippen molar-refractivity contribution in [3.63, 3.8) is 0 Å². The summed E-state index contributed by atoms with van der Waals surface area (Å²) in [5.41, 5.74) is 0.972. The Bertz CT molecular complexity index is 1400. The summed E-state index contributed by atoms with van der Waals surface area (Å²) in [4.78, 5) is 46.3. The lowest BCUT2D eigenvalue weighted by Crippen LogP contribution is -2.37. The van der Waals surface area contributed by atoms with Crippen molar-refractivity contribution < 1.29 is 4.79 Å². The first-order valence-electron chi connectivity index (χ1n) is 9.93. The molecule has 0 atom stereocenters. The quantitative estimate of drug-likeness (QED) is 0.445. The molecule has 3 heterocycles. The lowest BCUT2D eigenvalue weighted by atomic mass is 10.1. The number of hydrogen-bond donors (Lipinski definition) is 1. The number of hydrogen-bond acceptors (Lipinski definition) is 6. The molecule has 166 valence electrons. The minimum Gasteiger partial charge on any atom is -0.325 e. The molecule has 1 aromatic carbocycles. The Morgan fingerprint density at radius 3 is 2.62 bits per heavy atom. The first kappa shape index (κ1) is 22.0. The van der Waals surface area contributed by atoms with E-state index in [-0.39, 0.29) is 12.3 Å². The van der Waals surface area contributed by atoms with E-state index in [2.05, 4.69) is 15.3 Å². The fourth-order valence-electron chi connectivity index (χ4n) is 3.41. The highest BCUT2D eigenvalue weighted by Gasteiger charge is 2.14. The summed E-state index contributed by atoms with van der Waals surface area (Å²) in [6, 6.07) is 7.62. The van der Waals surface area contributed by atoms with E-state index in [1.165, 1.54) is 29.3 Å². The van der Waals surface area contributed by atoms with Crippen LogP contribution in [0.15, 0.2) is 46.4 Å². The Hall–Kier alpha value is -3.24. The number of amides is 1. The summed E-state index contributed by atoms with van der Waals surface area (Å²) in [6.07, 6.45) is 4.76. The second kappa shape index (κ2) is 9.09. The smallest absolute Gasteiger partial charge is 0.325 e. The molecule has 0 unspecified atom stereocenters. The minimum atomic E-state index is -0.425. The number of carbonyl (C=O) groups is 1. The van der Waals surface area contributed by atoms with Crippen LogP contribution >= 0.6 is 22.9 Å². The van der Waals surface area contributed by atoms with Crippen LogP contribution < -0.4 is 16.6 Å². The third-order valence-corrected chi connectivity index (χ3v) is 6.28. The largest absolute Gasteiger partial charge is 0.332 e. The van der Waals surface area contributed by atoms with Crippen molar-refractivity contribution in [3.8, 4) is 0 Å². The second-order valence-corrected chi connectivity index (χ2v) is 8.95. The van der Waals surface area contributed by atoms with Crippen LogP contribution in [0.25, 0.3) is 11.2 Å². The molecule has 4 rings (SSSR count). The lowest BCUT2D eigenvalue weighted by molar-refractivity contribution is -0.116. The molecule has 0 saturated carbocycles. The topological polar surface area (TPSA) is 104 Å². The van der Waals surface area contributed by atoms with Gasteiger partial charge in [-0.05, 0) is 24.1 Å². The standard InChI is InChI=1S/C21H21ClN6O3S/c1-26-18-17(19(30)27(2)21(26)31)28(12-24-18)9-3-4-16(29)25-20-23-11-15(32-20)10-13-5-7-14(22)8-6-13/h5-8,11-12H,3-4,9-10H2,1-2H3,(H,23,25,29). The summed E-state index contributed by atoms with van der Waals surface area (Å²) < 4.78 is 4.07. The number of benzene rings is 1. The van der Waals surface area contributed by atoms with Crippen molar-refractivity contribution in [1.29, 1.82) is 0 Å². The van der Waals surface area contributed by atoms with Gasteiger partial charge in [-0.15, -0.1) is 11.3 Å². The van der Waals surface area contributed by atoms with Crippen molar-refractivity contribution >= 4 is 45.1 Å². The molecule has 32 heavy (non-hydrogen) atoms. The summed E-state index contributed by atoms with van der Waals surface area (Å²) >= 11 is 7.35. The van der Waals surface area contributed by atoms with Crippen molar-refractivity contribution in [2.75, 3.05) is 5.32 Å². The molecular weight excluding hydrogens is 452 g/mol. The van der Waals surface area contributed by atoms with E-state index in [1.807, 2.05) is 24.3 Å². The summed E-state index contributed by atoms with van der Waals surface area (Å²) in [5, 5.41) is 4.07. The number of imidazole rings is 1. The lowest BCUT2D eigenvalue weighted by Gasteiger charge is -2.06. The molecule has 0 bridgehead atoms. The molecule has 0 radical (unpaired) electrons. The van der Waals surface area contributed by atoms with Gasteiger partial charge in [-0.1, -0.05) is 23.7 Å². The fraction of sp³-hybridized carbons (Fsp3) is 0.286. The Morgan fingerprint density at radius 1 is 1.12 bits per heavy atom. The normalized spacial score (nSPS) is 11.2. The van der Waals surface area contributed by atoms with Crippen LogP contribution in [-0.2, 0) is 31.9 Å². The predicted octanol–water partition coefficient (Wildman–Crippen LogP) is 2.55. The summed E-state index contributed by atoms with van der Waals surface area (Å²) in [7, 11) is 3.01. The maximum Gasteiger partial charge on any atom is 0.332 e. The average Bonchev–Trinajstić information content (AvgIpc) is 3.39. The number of carbonyl (C=O) groups excluding carboxylic acids is 1. The first-order chi connectivity index (χ1) is 15.3. The van der Waals surface area contributed by atoms with Crippen molar-refractivity contribution in [2.24, 2.45) is 14.1 Å². The van der Waals surface area contributed by atoms with Gasteiger partial charge in [0.15, 0.2) is 16.3 Å². The highest BCUT2D eigenvalue weighted by atomic mass is 35.5. The number of thiazole rings is 1. The number of rotatable bonds is 7. The van der Waals surface area contributed by atoms with Crippen LogP contribution in [-0.4, -0.2) is 29.6 Å². The zero-order valence-electron chi connectivity index (χ0n) is 17.5. The van der Waals surface area contributed by atoms with Gasteiger partial charge < -0.3 is 9.88 Å². The van der Waals surface area contributed by atoms with Crippen molar-refractivity contribution in [2.45, 2.75) is 25.8 Å². The molecule has 3 aromatic heterocycles. The van der Waals surface area contributed by atoms with E-state index >= 15 is 0 Å². The van der Waals surface area contributed by atoms with Gasteiger partial charge in [-0.3, -0.25) is 18.7 Å². The molecule has 0 aliphatic rings. The van der Waals surface area contributed by atoms with Gasteiger partial charge >= 0.3 is 5.69 Å². The molecule has 1 amide bonds. The van der Waals surface area contributed by atoms with Crippen LogP contribution in [0, 0.1) is 0 Å². The van der Waals surface area contributed by atoms with Crippen LogP contribution in [0.5, 0.6) is 0 Å². The number of nitrogens with one attached hydrogen (secondary N) is 1. The highest BCUT2D eigenvalue weighted by molar-refractivity contribution is 7.15. The minimum absolute atomic E-state index is 0.151. The molecule has 9 nitrogen and oxygen atoms in total. The van der Waals surface area contributed by atoms with Gasteiger partial charge in [0.05, 0.1) is 6.33 Å². The van der Waals surface area contributed by atoms with E-state index in [0.717, 1.165) is 21.4 Å². The van der Waals surface area contributed by atoms with E-state index in [1.54, 1.807) is 17.8 Å². The van der Waals surface area contributed by atoms with Gasteiger partial charge in [-0.25, -0.2) is 14.8 Å². The third kappa shape index (κ3) is 4.51. The number of nitrogens with zero attached hydrogens (tertiary/aromatic N) is 5. The van der Waals surface area contributed by atoms with Crippen molar-refractivity contribution in [3.05, 3.63) is 73.1 Å². The van der Waals surface area contributed by atoms with Gasteiger partial charge in [-0.2, -0.15) is 0 Å². The molecule has 0 saturated heterocycles. The van der Waals surface area contributed by atoms with Gasteiger partial charge in [0, 0.05) is 49.6 Å². The molecule has 0 aliphatic carbocycles. The van der Waals surface area contributed by atoms with Gasteiger partial charge in [0.2, 0.25) is 5.91 Å². The zero-order chi connectivity index (χ0) is 22.8. The molecule has 0 fully saturated rings. The Balaban J connectivity index is 1.34. The van der Waals surface area contributed by atoms with E-state index < -0.39 is 11.2 Å². The number of aryl methyl sites for hydroxylation is 2. The predicted molar refractivity (Wildman–Crippen MR) is 124 cm³/mol. The molecular formula is C21H21ClN6O3S. The van der Waals surface area contributed by atoms with E-state index in [4.69, 9.17) is 11.6 Å². The van der Waals surface area contributed by atoms with Crippen LogP contribution in [0.1, 0.15) is 23.3 Å². The molecule has 4 aromatic rings. The fourth-order valence-corrected chi connectivity index (χ4v) is 4.40. The van der Waals surface area contributed by atoms with Gasteiger partial charge in [0.1, 0.15) is 0 Å².